The minimum absolute atomic E-state index is 0.0392. The Morgan fingerprint density at radius 2 is 0.932 bits per heavy atom. The number of Topliss-reactive ketones (excluding diaryl/α,β-unsaturated/α-hetero) is 1. The number of aliphatic hydroxyl groups is 17. The minimum Gasteiger partial charge on any atom is -0.394 e. The Balaban J connectivity index is 0.899. The highest BCUT2D eigenvalue weighted by Gasteiger charge is 2.71. The van der Waals surface area contributed by atoms with E-state index < -0.39 is 214 Å². The lowest BCUT2D eigenvalue weighted by atomic mass is 9.33. The zero-order chi connectivity index (χ0) is 64.3. The molecule has 88 heavy (non-hydrogen) atoms. The van der Waals surface area contributed by atoms with Crippen molar-refractivity contribution in [2.24, 2.45) is 50.2 Å². The van der Waals surface area contributed by atoms with Crippen molar-refractivity contribution >= 4 is 5.78 Å². The van der Waals surface area contributed by atoms with Crippen molar-refractivity contribution in [2.75, 3.05) is 39.6 Å². The van der Waals surface area contributed by atoms with Gasteiger partial charge >= 0.3 is 0 Å². The van der Waals surface area contributed by atoms with Gasteiger partial charge in [0.05, 0.1) is 51.2 Å². The van der Waals surface area contributed by atoms with E-state index in [1.54, 1.807) is 0 Å². The number of allylic oxidation sites excluding steroid dienone is 2. The fourth-order valence-electron chi connectivity index (χ4n) is 17.7. The molecule has 28 nitrogen and oxygen atoms in total. The van der Waals surface area contributed by atoms with Gasteiger partial charge in [-0.15, -0.1) is 0 Å². The highest BCUT2D eigenvalue weighted by molar-refractivity contribution is 5.89. The van der Waals surface area contributed by atoms with Crippen LogP contribution in [0.4, 0.5) is 0 Å². The van der Waals surface area contributed by atoms with E-state index in [9.17, 15) is 86.8 Å². The Kier molecular flexibility index (Phi) is 20.3. The van der Waals surface area contributed by atoms with Gasteiger partial charge in [-0.25, -0.2) is 0 Å². The first-order chi connectivity index (χ1) is 41.2. The molecule has 0 aromatic heterocycles. The molecule has 4 saturated carbocycles. The third-order valence-corrected chi connectivity index (χ3v) is 23.4. The lowest BCUT2D eigenvalue weighted by Gasteiger charge is -2.71. The molecule has 0 spiro atoms. The van der Waals surface area contributed by atoms with Gasteiger partial charge in [-0.05, 0) is 90.8 Å². The monoisotopic (exact) mass is 1270 g/mol. The average Bonchev–Trinajstić information content (AvgIpc) is 0.677. The van der Waals surface area contributed by atoms with Crippen molar-refractivity contribution in [3.63, 3.8) is 0 Å². The number of rotatable bonds is 16. The lowest BCUT2D eigenvalue weighted by molar-refractivity contribution is -0.385. The Labute approximate surface area is 510 Å². The van der Waals surface area contributed by atoms with Crippen molar-refractivity contribution < 1.29 is 139 Å². The summed E-state index contributed by atoms with van der Waals surface area (Å²) in [6, 6.07) is 0. The quantitative estimate of drug-likeness (QED) is 0.0511. The summed E-state index contributed by atoms with van der Waals surface area (Å²) in [6.45, 7) is 11.8. The summed E-state index contributed by atoms with van der Waals surface area (Å²) in [6.07, 6.45) is -35.4. The van der Waals surface area contributed by atoms with E-state index in [0.717, 1.165) is 12.8 Å². The van der Waals surface area contributed by atoms with Crippen LogP contribution in [0.1, 0.15) is 106 Å². The van der Waals surface area contributed by atoms with Crippen LogP contribution >= 0.6 is 0 Å². The molecule has 0 bridgehead atoms. The van der Waals surface area contributed by atoms with Crippen LogP contribution in [-0.2, 0) is 52.2 Å². The number of fused-ring (bicyclic) bond motifs is 7. The molecule has 5 aliphatic heterocycles. The van der Waals surface area contributed by atoms with Gasteiger partial charge < -0.3 is 134 Å². The summed E-state index contributed by atoms with van der Waals surface area (Å²) < 4.78 is 60.2. The Morgan fingerprint density at radius 1 is 0.477 bits per heavy atom. The summed E-state index contributed by atoms with van der Waals surface area (Å²) in [4.78, 5) is 15.4. The van der Waals surface area contributed by atoms with Crippen LogP contribution in [-0.4, -0.2) is 292 Å². The van der Waals surface area contributed by atoms with Crippen molar-refractivity contribution in [1.29, 1.82) is 0 Å². The molecule has 5 aliphatic carbocycles. The first-order valence-corrected chi connectivity index (χ1v) is 31.3. The number of hydrogen-bond acceptors (Lipinski definition) is 28. The Morgan fingerprint density at radius 3 is 1.44 bits per heavy atom. The van der Waals surface area contributed by atoms with E-state index in [0.29, 0.717) is 38.5 Å². The average molecular weight is 1270 g/mol. The molecule has 506 valence electrons. The fraction of sp³-hybridized carbons (Fsp3) is 0.950. The van der Waals surface area contributed by atoms with Crippen molar-refractivity contribution in [1.82, 2.24) is 0 Å². The normalized spacial score (nSPS) is 53.7. The van der Waals surface area contributed by atoms with Crippen molar-refractivity contribution in [3.05, 3.63) is 11.6 Å². The van der Waals surface area contributed by atoms with Crippen molar-refractivity contribution in [2.45, 2.75) is 266 Å². The van der Waals surface area contributed by atoms with Crippen LogP contribution in [0.25, 0.3) is 0 Å². The molecule has 9 fully saturated rings. The van der Waals surface area contributed by atoms with Crippen molar-refractivity contribution in [3.8, 4) is 0 Å². The van der Waals surface area contributed by atoms with E-state index >= 15 is 4.79 Å². The van der Waals surface area contributed by atoms with Crippen LogP contribution in [0, 0.1) is 50.2 Å². The molecule has 5 heterocycles. The van der Waals surface area contributed by atoms with Gasteiger partial charge in [0.15, 0.2) is 31.5 Å². The highest BCUT2D eigenvalue weighted by atomic mass is 16.8. The van der Waals surface area contributed by atoms with Gasteiger partial charge in [-0.2, -0.15) is 0 Å². The van der Waals surface area contributed by atoms with Crippen LogP contribution < -0.4 is 0 Å². The number of carbonyl (C=O) groups is 1. The predicted octanol–water partition coefficient (Wildman–Crippen LogP) is -4.56. The maximum Gasteiger partial charge on any atom is 0.187 e. The zero-order valence-electron chi connectivity index (χ0n) is 51.0. The maximum atomic E-state index is 15.4. The second-order valence-corrected chi connectivity index (χ2v) is 29.2. The first-order valence-electron chi connectivity index (χ1n) is 31.3. The fourth-order valence-corrected chi connectivity index (χ4v) is 17.7. The third kappa shape index (κ3) is 11.7. The van der Waals surface area contributed by atoms with E-state index in [1.807, 2.05) is 0 Å². The zero-order valence-corrected chi connectivity index (χ0v) is 51.0. The molecular weight excluding hydrogens is 1170 g/mol. The summed E-state index contributed by atoms with van der Waals surface area (Å²) in [5.74, 6) is -0.164. The van der Waals surface area contributed by atoms with Gasteiger partial charge in [0.2, 0.25) is 0 Å². The molecule has 0 aromatic rings. The van der Waals surface area contributed by atoms with Crippen LogP contribution in [0.2, 0.25) is 0 Å². The van der Waals surface area contributed by atoms with Crippen LogP contribution in [0.15, 0.2) is 11.6 Å². The second-order valence-electron chi connectivity index (χ2n) is 29.2. The lowest BCUT2D eigenvalue weighted by Crippen LogP contribution is -2.68. The molecule has 33 atom stereocenters. The van der Waals surface area contributed by atoms with Gasteiger partial charge in [-0.3, -0.25) is 4.79 Å². The number of ketones is 1. The largest absolute Gasteiger partial charge is 0.394 e. The molecule has 10 aliphatic rings. The molecule has 0 amide bonds. The molecule has 10 rings (SSSR count). The first kappa shape index (κ1) is 69.2. The molecule has 0 radical (unpaired) electrons. The summed E-state index contributed by atoms with van der Waals surface area (Å²) in [5, 5.41) is 182. The number of carbonyl (C=O) groups excluding carboxylic acids is 1. The number of aliphatic hydroxyl groups excluding tert-OH is 17. The summed E-state index contributed by atoms with van der Waals surface area (Å²) in [5.41, 5.74) is -1.95. The standard InChI is InChI=1S/C60H98O28/c1-55(2)14-15-60(23-81-52-47(77)42(72)37(67)28(20-63)84-52)25(16-55)24-8-9-32-57(5)12-11-34(56(3,4)31(57)10-13-58(32,6)59(24,7)17-33(60)64)87-54-49(44(74)39(69)30(86-54)22-80-51-46(76)41(71)36(66)27(19-62)83-51)88-53-48(78)43(73)38(68)29(85-53)21-79-50-45(75)40(70)35(65)26(18-61)82-50/h8,25-32,34-54,61-63,65-78H,9-23H2,1-7H3/t25?,26-,27-,28-,29-,30-,31?,32?,34+,35-,36-,37-,38-,39-,40+,41+,42+,43+,44+,45-,46-,47-,48-,49-,50-,51-,52-,53-,54?,57+,58-,59-,60-/m1/s1. The molecule has 0 aromatic carbocycles. The third-order valence-electron chi connectivity index (χ3n) is 23.4. The van der Waals surface area contributed by atoms with Gasteiger partial charge in [-0.1, -0.05) is 60.1 Å². The van der Waals surface area contributed by atoms with E-state index in [4.69, 9.17) is 47.4 Å². The predicted molar refractivity (Wildman–Crippen MR) is 296 cm³/mol. The van der Waals surface area contributed by atoms with Gasteiger partial charge in [0, 0.05) is 11.8 Å². The Bertz CT molecular complexity index is 2430. The van der Waals surface area contributed by atoms with Crippen LogP contribution in [0.3, 0.4) is 0 Å². The summed E-state index contributed by atoms with van der Waals surface area (Å²) >= 11 is 0. The van der Waals surface area contributed by atoms with E-state index in [1.165, 1.54) is 5.57 Å². The molecule has 4 unspecified atom stereocenters. The minimum atomic E-state index is -2.03. The Hall–Kier alpha value is -1.67. The molecule has 17 N–H and O–H groups in total. The smallest absolute Gasteiger partial charge is 0.187 e. The molecule has 28 heteroatoms. The van der Waals surface area contributed by atoms with E-state index in [-0.39, 0.29) is 47.4 Å². The number of hydrogen-bond donors (Lipinski definition) is 17. The molecule has 5 saturated heterocycles. The van der Waals surface area contributed by atoms with Gasteiger partial charge in [0.1, 0.15) is 128 Å². The SMILES string of the molecule is CC1(C)CC[C@]2(CO[C@@H]3O[C@H](CO)[C@@H](O)[C@H](O)[C@H]3O)C(=O)C[C@]3(C)C(=CCC4[C@@]5(C)CC[C@H](OC6O[C@H](CO[C@@H]7O[C@H](CO)[C@@H](O)[C@H](O)[C@H]7O)[C@@H](O)[C@H](O)[C@H]6O[C@H]6O[C@H](CO[C@@H]7O[C@H](CO)[C@@H](O)[C@H](O)[C@H]7O)[C@@H](O)[C@H](O)[C@H]6O)C(C)(C)C5CC[C@]43C)C2C1. The molecular formula is C60H98O28. The topological polar surface area (TPSA) is 453 Å². The van der Waals surface area contributed by atoms with E-state index in [2.05, 4.69) is 54.5 Å². The second kappa shape index (κ2) is 25.8. The maximum absolute atomic E-state index is 15.4. The summed E-state index contributed by atoms with van der Waals surface area (Å²) in [7, 11) is 0. The van der Waals surface area contributed by atoms with Gasteiger partial charge in [0.25, 0.3) is 0 Å². The van der Waals surface area contributed by atoms with Crippen LogP contribution in [0.5, 0.6) is 0 Å². The highest BCUT2D eigenvalue weighted by Crippen LogP contribution is 2.75. The number of ether oxygens (including phenoxy) is 10.